The molecule has 0 radical (unpaired) electrons. The van der Waals surface area contributed by atoms with Crippen LogP contribution < -0.4 is 5.32 Å². The molecule has 0 aromatic heterocycles. The maximum absolute atomic E-state index is 14.5. The summed E-state index contributed by atoms with van der Waals surface area (Å²) in [6.45, 7) is 2.89. The summed E-state index contributed by atoms with van der Waals surface area (Å²) in [4.78, 5) is 31.3. The molecule has 1 fully saturated rings. The second-order valence-corrected chi connectivity index (χ2v) is 9.26. The van der Waals surface area contributed by atoms with Crippen molar-refractivity contribution in [1.29, 1.82) is 0 Å². The van der Waals surface area contributed by atoms with Crippen LogP contribution in [0, 0.1) is 17.5 Å². The second kappa shape index (κ2) is 13.1. The van der Waals surface area contributed by atoms with E-state index in [1.165, 1.54) is 17.0 Å². The van der Waals surface area contributed by atoms with Crippen molar-refractivity contribution in [3.8, 4) is 0 Å². The number of ether oxygens (including phenoxy) is 1. The van der Waals surface area contributed by atoms with E-state index >= 15 is 0 Å². The quantitative estimate of drug-likeness (QED) is 0.121. The van der Waals surface area contributed by atoms with Crippen LogP contribution in [0.5, 0.6) is 0 Å². The molecule has 2 aromatic rings. The zero-order chi connectivity index (χ0) is 30.5. The lowest BCUT2D eigenvalue weighted by Crippen LogP contribution is -2.52. The molecule has 0 aliphatic carbocycles. The molecule has 41 heavy (non-hydrogen) atoms. The number of halogens is 7. The van der Waals surface area contributed by atoms with E-state index in [-0.39, 0.29) is 47.2 Å². The first-order valence-electron chi connectivity index (χ1n) is 12.0. The van der Waals surface area contributed by atoms with Gasteiger partial charge < -0.3 is 19.9 Å². The number of amides is 1. The lowest BCUT2D eigenvalue weighted by Gasteiger charge is -2.38. The lowest BCUT2D eigenvalue weighted by molar-refractivity contribution is -0.143. The highest BCUT2D eigenvalue weighted by Crippen LogP contribution is 2.27. The normalized spacial score (nSPS) is 15.6. The summed E-state index contributed by atoms with van der Waals surface area (Å²) in [5.41, 5.74) is -0.276. The van der Waals surface area contributed by atoms with Gasteiger partial charge in [0.15, 0.2) is 17.7 Å². The van der Waals surface area contributed by atoms with Crippen molar-refractivity contribution in [3.63, 3.8) is 0 Å². The van der Waals surface area contributed by atoms with Gasteiger partial charge in [0.1, 0.15) is 5.82 Å². The number of hydrogen-bond donors (Lipinski definition) is 1. The Kier molecular flexibility index (Phi) is 10.1. The molecule has 1 atom stereocenters. The first kappa shape index (κ1) is 31.5. The predicted molar refractivity (Wildman–Crippen MR) is 139 cm³/mol. The molecule has 1 aliphatic rings. The van der Waals surface area contributed by atoms with Crippen molar-refractivity contribution < 1.29 is 40.7 Å². The number of piperazine rings is 1. The van der Waals surface area contributed by atoms with Gasteiger partial charge in [-0.1, -0.05) is 36.4 Å². The Balaban J connectivity index is 1.96. The van der Waals surface area contributed by atoms with Gasteiger partial charge in [-0.25, -0.2) is 18.0 Å². The van der Waals surface area contributed by atoms with Crippen molar-refractivity contribution >= 4 is 29.3 Å². The van der Waals surface area contributed by atoms with E-state index in [1.54, 1.807) is 12.1 Å². The van der Waals surface area contributed by atoms with Crippen LogP contribution in [-0.2, 0) is 20.7 Å². The smallest absolute Gasteiger partial charge is 0.449 e. The topological polar surface area (TPSA) is 74.2 Å². The summed E-state index contributed by atoms with van der Waals surface area (Å²) < 4.78 is 86.9. The number of esters is 1. The number of nitrogens with one attached hydrogen (secondary N) is 1. The molecule has 1 amide bonds. The molecule has 0 saturated carbocycles. The van der Waals surface area contributed by atoms with Gasteiger partial charge in [0, 0.05) is 60.7 Å². The molecule has 220 valence electrons. The summed E-state index contributed by atoms with van der Waals surface area (Å²) >= 11 is 6.26. The molecule has 2 aromatic carbocycles. The summed E-state index contributed by atoms with van der Waals surface area (Å²) in [6.07, 6.45) is -4.26. The minimum Gasteiger partial charge on any atom is -0.467 e. The van der Waals surface area contributed by atoms with E-state index < -0.39 is 53.8 Å². The molecule has 1 heterocycles. The van der Waals surface area contributed by atoms with Crippen LogP contribution in [0.2, 0.25) is 5.02 Å². The van der Waals surface area contributed by atoms with Crippen molar-refractivity contribution in [2.24, 2.45) is 4.99 Å². The fourth-order valence-corrected chi connectivity index (χ4v) is 4.42. The Morgan fingerprint density at radius 2 is 1.80 bits per heavy atom. The minimum atomic E-state index is -4.74. The summed E-state index contributed by atoms with van der Waals surface area (Å²) in [5.74, 6) is -6.61. The van der Waals surface area contributed by atoms with Crippen molar-refractivity contribution in [1.82, 2.24) is 15.1 Å². The predicted octanol–water partition coefficient (Wildman–Crippen LogP) is 4.94. The van der Waals surface area contributed by atoms with E-state index in [0.29, 0.717) is 12.1 Å². The van der Waals surface area contributed by atoms with E-state index in [2.05, 4.69) is 16.9 Å². The number of benzene rings is 2. The Morgan fingerprint density at radius 1 is 1.15 bits per heavy atom. The lowest BCUT2D eigenvalue weighted by atomic mass is 10.0. The number of carbonyl (C=O) groups is 2. The number of nitrogens with zero attached hydrogens (tertiary/aromatic N) is 3. The van der Waals surface area contributed by atoms with Crippen molar-refractivity contribution in [2.45, 2.75) is 18.6 Å². The van der Waals surface area contributed by atoms with Gasteiger partial charge in [-0.3, -0.25) is 9.79 Å². The van der Waals surface area contributed by atoms with Gasteiger partial charge in [0.25, 0.3) is 0 Å². The van der Waals surface area contributed by atoms with E-state index in [0.717, 1.165) is 25.1 Å². The molecule has 1 aliphatic heterocycles. The molecule has 1 saturated heterocycles. The van der Waals surface area contributed by atoms with Gasteiger partial charge in [-0.2, -0.15) is 13.2 Å². The largest absolute Gasteiger partial charge is 0.467 e. The highest BCUT2D eigenvalue weighted by Gasteiger charge is 2.41. The van der Waals surface area contributed by atoms with Gasteiger partial charge in [0.05, 0.1) is 13.7 Å². The highest BCUT2D eigenvalue weighted by atomic mass is 35.5. The summed E-state index contributed by atoms with van der Waals surface area (Å²) in [5, 5.41) is 2.94. The van der Waals surface area contributed by atoms with Gasteiger partial charge >= 0.3 is 12.1 Å². The molecule has 1 N–H and O–H groups in total. The van der Waals surface area contributed by atoms with Gasteiger partial charge in [-0.15, -0.1) is 0 Å². The number of alkyl halides is 3. The third kappa shape index (κ3) is 7.60. The third-order valence-corrected chi connectivity index (χ3v) is 6.48. The first-order chi connectivity index (χ1) is 19.3. The average Bonchev–Trinajstić information content (AvgIpc) is 2.90. The Bertz CT molecular complexity index is 1400. The minimum absolute atomic E-state index is 0.0550. The molecule has 1 unspecified atom stereocenters. The third-order valence-electron chi connectivity index (χ3n) is 6.13. The van der Waals surface area contributed by atoms with E-state index in [9.17, 15) is 35.9 Å². The van der Waals surface area contributed by atoms with Crippen LogP contribution in [0.15, 0.2) is 65.4 Å². The SMILES string of the molecule is C=C1CN(C(=O)/C=C(/Cc2cc(F)c(F)cc2F)NC(C(=O)OC)c2ccccc2Cl)CCN1C(=NC)C(F)(F)F. The molecule has 3 rings (SSSR count). The van der Waals surface area contributed by atoms with Gasteiger partial charge in [0.2, 0.25) is 11.7 Å². The maximum Gasteiger partial charge on any atom is 0.449 e. The Labute approximate surface area is 236 Å². The maximum atomic E-state index is 14.5. The zero-order valence-electron chi connectivity index (χ0n) is 21.9. The summed E-state index contributed by atoms with van der Waals surface area (Å²) in [7, 11) is 2.10. The van der Waals surface area contributed by atoms with Crippen molar-refractivity contribution in [2.75, 3.05) is 33.8 Å². The standard InChI is InChI=1S/C27H25ClF6N4O3/c1-15-14-37(8-9-38(15)26(35-2)27(32,33)34)23(39)12-17(10-16-11-21(30)22(31)13-20(16)29)36-24(25(40)41-3)18-6-4-5-7-19(18)28/h4-7,11-13,24,36H,1,8-10,14H2,2-3H3/b17-12-,35-26?. The number of hydrogen-bond acceptors (Lipinski definition) is 5. The van der Waals surface area contributed by atoms with Gasteiger partial charge in [-0.05, 0) is 17.7 Å². The summed E-state index contributed by atoms with van der Waals surface area (Å²) in [6, 6.07) is 5.84. The van der Waals surface area contributed by atoms with Crippen LogP contribution in [0.3, 0.4) is 0 Å². The number of amidine groups is 1. The van der Waals surface area contributed by atoms with Crippen LogP contribution in [0.1, 0.15) is 17.2 Å². The number of carbonyl (C=O) groups excluding carboxylic acids is 2. The number of aliphatic imine (C=N–C) groups is 1. The average molecular weight is 603 g/mol. The van der Waals surface area contributed by atoms with Crippen LogP contribution in [-0.4, -0.2) is 67.5 Å². The fraction of sp³-hybridized carbons (Fsp3) is 0.296. The molecular formula is C27H25ClF6N4O3. The molecule has 7 nitrogen and oxygen atoms in total. The zero-order valence-corrected chi connectivity index (χ0v) is 22.6. The van der Waals surface area contributed by atoms with Crippen molar-refractivity contribution in [3.05, 3.63) is 94.0 Å². The first-order valence-corrected chi connectivity index (χ1v) is 12.4. The molecule has 0 spiro atoms. The Morgan fingerprint density at radius 3 is 2.39 bits per heavy atom. The Hall–Kier alpha value is -4.00. The fourth-order valence-electron chi connectivity index (χ4n) is 4.17. The molecule has 14 heteroatoms. The number of methoxy groups -OCH3 is 1. The van der Waals surface area contributed by atoms with Crippen LogP contribution in [0.4, 0.5) is 26.3 Å². The second-order valence-electron chi connectivity index (χ2n) is 8.85. The van der Waals surface area contributed by atoms with E-state index in [1.807, 2.05) is 0 Å². The number of allylic oxidation sites excluding steroid dienone is 1. The number of rotatable bonds is 7. The highest BCUT2D eigenvalue weighted by molar-refractivity contribution is 6.31. The van der Waals surface area contributed by atoms with E-state index in [4.69, 9.17) is 16.3 Å². The van der Waals surface area contributed by atoms with Crippen LogP contribution in [0.25, 0.3) is 0 Å². The van der Waals surface area contributed by atoms with Crippen LogP contribution >= 0.6 is 11.6 Å². The molecular weight excluding hydrogens is 578 g/mol. The molecule has 0 bridgehead atoms. The monoisotopic (exact) mass is 602 g/mol.